The van der Waals surface area contributed by atoms with Gasteiger partial charge in [-0.1, -0.05) is 0 Å². The zero-order valence-electron chi connectivity index (χ0n) is 9.76. The molecule has 1 atom stereocenters. The van der Waals surface area contributed by atoms with E-state index in [1.165, 1.54) is 11.3 Å². The van der Waals surface area contributed by atoms with Crippen molar-refractivity contribution in [2.24, 2.45) is 0 Å². The van der Waals surface area contributed by atoms with Gasteiger partial charge in [0.15, 0.2) is 23.3 Å². The summed E-state index contributed by atoms with van der Waals surface area (Å²) < 4.78 is 65.4. The Labute approximate surface area is 114 Å². The predicted molar refractivity (Wildman–Crippen MR) is 64.0 cm³/mol. The maximum Gasteiger partial charge on any atom is 0.200 e. The molecule has 0 aliphatic heterocycles. The second-order valence-corrected chi connectivity index (χ2v) is 4.68. The van der Waals surface area contributed by atoms with Crippen LogP contribution in [-0.4, -0.2) is 11.7 Å². The first-order chi connectivity index (χ1) is 9.43. The Bertz CT molecular complexity index is 588. The van der Waals surface area contributed by atoms with Crippen LogP contribution < -0.4 is 5.32 Å². The molecule has 0 amide bonds. The van der Waals surface area contributed by atoms with Crippen molar-refractivity contribution in [3.05, 3.63) is 51.5 Å². The lowest BCUT2D eigenvalue weighted by atomic mass is 10.2. The van der Waals surface area contributed by atoms with E-state index in [9.17, 15) is 27.1 Å². The quantitative estimate of drug-likeness (QED) is 0.514. The van der Waals surface area contributed by atoms with Crippen molar-refractivity contribution >= 4 is 17.0 Å². The SMILES string of the molecule is OC(CNc1c(F)c(F)c(F)c(F)c1F)c1ccsc1. The fourth-order valence-electron chi connectivity index (χ4n) is 1.54. The van der Waals surface area contributed by atoms with Crippen LogP contribution in [0.1, 0.15) is 11.7 Å². The molecule has 1 unspecified atom stereocenters. The number of rotatable bonds is 4. The third-order valence-electron chi connectivity index (χ3n) is 2.61. The Morgan fingerprint density at radius 2 is 1.55 bits per heavy atom. The van der Waals surface area contributed by atoms with Crippen LogP contribution >= 0.6 is 11.3 Å². The van der Waals surface area contributed by atoms with Crippen LogP contribution in [0.5, 0.6) is 0 Å². The van der Waals surface area contributed by atoms with Crippen LogP contribution in [0.15, 0.2) is 16.8 Å². The minimum atomic E-state index is -2.22. The van der Waals surface area contributed by atoms with Crippen LogP contribution in [-0.2, 0) is 0 Å². The van der Waals surface area contributed by atoms with E-state index in [1.54, 1.807) is 16.8 Å². The Morgan fingerprint density at radius 3 is 2.05 bits per heavy atom. The van der Waals surface area contributed by atoms with Gasteiger partial charge < -0.3 is 10.4 Å². The highest BCUT2D eigenvalue weighted by Crippen LogP contribution is 2.27. The first kappa shape index (κ1) is 14.7. The van der Waals surface area contributed by atoms with Crippen LogP contribution in [0.25, 0.3) is 0 Å². The van der Waals surface area contributed by atoms with Crippen molar-refractivity contribution in [1.29, 1.82) is 0 Å². The summed E-state index contributed by atoms with van der Waals surface area (Å²) in [5.74, 6) is -10.2. The Kier molecular flexibility index (Phi) is 4.24. The average Bonchev–Trinajstić information content (AvgIpc) is 2.97. The summed E-state index contributed by atoms with van der Waals surface area (Å²) in [7, 11) is 0. The second-order valence-electron chi connectivity index (χ2n) is 3.90. The van der Waals surface area contributed by atoms with Gasteiger partial charge in [-0.3, -0.25) is 0 Å². The fraction of sp³-hybridized carbons (Fsp3) is 0.167. The Hall–Kier alpha value is -1.67. The summed E-state index contributed by atoms with van der Waals surface area (Å²) in [6, 6.07) is 1.58. The largest absolute Gasteiger partial charge is 0.387 e. The molecule has 0 saturated heterocycles. The molecule has 2 nitrogen and oxygen atoms in total. The zero-order chi connectivity index (χ0) is 14.9. The van der Waals surface area contributed by atoms with Gasteiger partial charge in [0.05, 0.1) is 6.10 Å². The molecule has 20 heavy (non-hydrogen) atoms. The van der Waals surface area contributed by atoms with Crippen molar-refractivity contribution < 1.29 is 27.1 Å². The normalized spacial score (nSPS) is 12.5. The van der Waals surface area contributed by atoms with E-state index in [2.05, 4.69) is 0 Å². The van der Waals surface area contributed by atoms with Gasteiger partial charge in [-0.2, -0.15) is 11.3 Å². The van der Waals surface area contributed by atoms with E-state index in [0.29, 0.717) is 5.56 Å². The molecule has 0 radical (unpaired) electrons. The number of aliphatic hydroxyl groups excluding tert-OH is 1. The molecule has 0 spiro atoms. The van der Waals surface area contributed by atoms with E-state index >= 15 is 0 Å². The highest BCUT2D eigenvalue weighted by molar-refractivity contribution is 7.07. The van der Waals surface area contributed by atoms with E-state index in [-0.39, 0.29) is 0 Å². The first-order valence-electron chi connectivity index (χ1n) is 5.39. The molecule has 108 valence electrons. The number of nitrogens with one attached hydrogen (secondary N) is 1. The number of anilines is 1. The molecule has 2 rings (SSSR count). The Balaban J connectivity index is 2.22. The van der Waals surface area contributed by atoms with Gasteiger partial charge in [0, 0.05) is 6.54 Å². The number of halogens is 5. The highest BCUT2D eigenvalue weighted by atomic mass is 32.1. The molecular weight excluding hydrogens is 301 g/mol. The smallest absolute Gasteiger partial charge is 0.200 e. The molecule has 0 saturated carbocycles. The molecular formula is C12H8F5NOS. The minimum absolute atomic E-state index is 0.394. The molecule has 0 aliphatic rings. The van der Waals surface area contributed by atoms with Gasteiger partial charge >= 0.3 is 0 Å². The van der Waals surface area contributed by atoms with Gasteiger partial charge in [-0.25, -0.2) is 22.0 Å². The molecule has 0 aliphatic carbocycles. The molecule has 0 fully saturated rings. The molecule has 2 N–H and O–H groups in total. The number of thiophene rings is 1. The average molecular weight is 309 g/mol. The molecule has 1 heterocycles. The van der Waals surface area contributed by atoms with Gasteiger partial charge in [-0.05, 0) is 22.4 Å². The van der Waals surface area contributed by atoms with Crippen molar-refractivity contribution in [3.63, 3.8) is 0 Å². The van der Waals surface area contributed by atoms with Crippen LogP contribution in [0.3, 0.4) is 0 Å². The monoisotopic (exact) mass is 309 g/mol. The maximum atomic E-state index is 13.3. The Morgan fingerprint density at radius 1 is 1.00 bits per heavy atom. The summed E-state index contributed by atoms with van der Waals surface area (Å²) in [5, 5.41) is 15.0. The minimum Gasteiger partial charge on any atom is -0.387 e. The lowest BCUT2D eigenvalue weighted by molar-refractivity contribution is 0.192. The number of benzene rings is 1. The van der Waals surface area contributed by atoms with Gasteiger partial charge in [0.2, 0.25) is 5.82 Å². The summed E-state index contributed by atoms with van der Waals surface area (Å²) in [4.78, 5) is 0. The van der Waals surface area contributed by atoms with Crippen LogP contribution in [0.2, 0.25) is 0 Å². The first-order valence-corrected chi connectivity index (χ1v) is 6.33. The highest BCUT2D eigenvalue weighted by Gasteiger charge is 2.26. The number of hydrogen-bond acceptors (Lipinski definition) is 3. The molecule has 2 aromatic rings. The van der Waals surface area contributed by atoms with Crippen LogP contribution in [0, 0.1) is 29.1 Å². The van der Waals surface area contributed by atoms with E-state index in [4.69, 9.17) is 0 Å². The third kappa shape index (κ3) is 2.61. The summed E-state index contributed by atoms with van der Waals surface area (Å²) in [5.41, 5.74) is -0.679. The fourth-order valence-corrected chi connectivity index (χ4v) is 2.25. The maximum absolute atomic E-state index is 13.3. The van der Waals surface area contributed by atoms with Crippen LogP contribution in [0.4, 0.5) is 27.6 Å². The summed E-state index contributed by atoms with van der Waals surface area (Å²) in [6.45, 7) is -0.394. The van der Waals surface area contributed by atoms with Crippen molar-refractivity contribution in [1.82, 2.24) is 0 Å². The van der Waals surface area contributed by atoms with Gasteiger partial charge in [0.25, 0.3) is 0 Å². The molecule has 1 aromatic heterocycles. The van der Waals surface area contributed by atoms with E-state index < -0.39 is 47.4 Å². The predicted octanol–water partition coefficient (Wildman–Crippen LogP) is 3.59. The zero-order valence-corrected chi connectivity index (χ0v) is 10.6. The van der Waals surface area contributed by atoms with E-state index in [1.807, 2.05) is 5.32 Å². The van der Waals surface area contributed by atoms with Crippen molar-refractivity contribution in [3.8, 4) is 0 Å². The summed E-state index contributed by atoms with van der Waals surface area (Å²) >= 11 is 1.30. The third-order valence-corrected chi connectivity index (χ3v) is 3.31. The molecule has 1 aromatic carbocycles. The molecule has 0 bridgehead atoms. The number of aliphatic hydroxyl groups is 1. The van der Waals surface area contributed by atoms with Gasteiger partial charge in [0.1, 0.15) is 5.69 Å². The van der Waals surface area contributed by atoms with Gasteiger partial charge in [-0.15, -0.1) is 0 Å². The number of hydrogen-bond donors (Lipinski definition) is 2. The van der Waals surface area contributed by atoms with E-state index in [0.717, 1.165) is 0 Å². The lowest BCUT2D eigenvalue weighted by Crippen LogP contribution is -2.15. The topological polar surface area (TPSA) is 32.3 Å². The lowest BCUT2D eigenvalue weighted by Gasteiger charge is -2.14. The van der Waals surface area contributed by atoms with Crippen molar-refractivity contribution in [2.45, 2.75) is 6.10 Å². The van der Waals surface area contributed by atoms with Crippen molar-refractivity contribution in [2.75, 3.05) is 11.9 Å². The summed E-state index contributed by atoms with van der Waals surface area (Å²) in [6.07, 6.45) is -1.13. The second kappa shape index (κ2) is 5.76. The standard InChI is InChI=1S/C12H8F5NOS/c13-7-8(14)10(16)12(11(17)9(7)15)18-3-6(19)5-1-2-20-4-5/h1-2,4,6,18-19H,3H2. The molecule has 8 heteroatoms.